The molecule has 5 nitrogen and oxygen atoms in total. The topological polar surface area (TPSA) is 63.2 Å². The minimum Gasteiger partial charge on any atom is -0.298 e. The predicted molar refractivity (Wildman–Crippen MR) is 71.6 cm³/mol. The van der Waals surface area contributed by atoms with E-state index in [-0.39, 0.29) is 6.54 Å². The smallest absolute Gasteiger partial charge is 0.298 e. The van der Waals surface area contributed by atoms with Crippen molar-refractivity contribution >= 4 is 40.3 Å². The number of halogens is 1. The van der Waals surface area contributed by atoms with Gasteiger partial charge in [0.05, 0.1) is 17.8 Å². The van der Waals surface area contributed by atoms with Crippen molar-refractivity contribution in [2.24, 2.45) is 0 Å². The lowest BCUT2D eigenvalue weighted by Gasteiger charge is -2.16. The molecule has 0 N–H and O–H groups in total. The highest BCUT2D eigenvalue weighted by Crippen LogP contribution is 2.33. The highest BCUT2D eigenvalue weighted by Gasteiger charge is 2.37. The zero-order chi connectivity index (χ0) is 13.6. The number of hydrogen-bond donors (Lipinski definition) is 0. The highest BCUT2D eigenvalue weighted by molar-refractivity contribution is 7.15. The maximum absolute atomic E-state index is 12.0. The summed E-state index contributed by atoms with van der Waals surface area (Å²) in [5.41, 5.74) is 1.98. The first kappa shape index (κ1) is 12.3. The summed E-state index contributed by atoms with van der Waals surface area (Å²) in [6.07, 6.45) is 0. The summed E-state index contributed by atoms with van der Waals surface area (Å²) in [5, 5.41) is 8.16. The Hall–Kier alpha value is -1.79. The zero-order valence-corrected chi connectivity index (χ0v) is 11.5. The fourth-order valence-corrected chi connectivity index (χ4v) is 2.98. The molecule has 19 heavy (non-hydrogen) atoms. The number of anilines is 1. The lowest BCUT2D eigenvalue weighted by atomic mass is 10.1. The summed E-state index contributed by atoms with van der Waals surface area (Å²) in [7, 11) is 0. The van der Waals surface area contributed by atoms with Crippen molar-refractivity contribution in [2.45, 2.75) is 13.5 Å². The van der Waals surface area contributed by atoms with Crippen LogP contribution in [0.5, 0.6) is 0 Å². The van der Waals surface area contributed by atoms with Crippen LogP contribution in [0, 0.1) is 6.92 Å². The molecule has 0 fully saturated rings. The monoisotopic (exact) mass is 293 g/mol. The van der Waals surface area contributed by atoms with Crippen molar-refractivity contribution in [3.05, 3.63) is 38.8 Å². The number of Topliss-reactive ketones (excluding diaryl/α,β-unsaturated/α-hetero) is 1. The number of carbonyl (C=O) groups excluding carboxylic acids is 2. The molecule has 0 saturated heterocycles. The first-order valence-corrected chi connectivity index (χ1v) is 6.71. The average molecular weight is 294 g/mol. The molecule has 2 aromatic rings. The van der Waals surface area contributed by atoms with E-state index in [1.165, 1.54) is 16.2 Å². The van der Waals surface area contributed by atoms with Gasteiger partial charge in [-0.3, -0.25) is 14.5 Å². The van der Waals surface area contributed by atoms with E-state index in [1.807, 2.05) is 13.0 Å². The Labute approximate surface area is 117 Å². The average Bonchev–Trinajstić information content (AvgIpc) is 2.89. The van der Waals surface area contributed by atoms with E-state index in [0.717, 1.165) is 5.56 Å². The number of benzene rings is 1. The first-order valence-electron chi connectivity index (χ1n) is 5.51. The van der Waals surface area contributed by atoms with Crippen LogP contribution in [0.2, 0.25) is 4.47 Å². The number of fused-ring (bicyclic) bond motifs is 1. The number of carbonyl (C=O) groups is 2. The van der Waals surface area contributed by atoms with Gasteiger partial charge in [0, 0.05) is 0 Å². The molecule has 1 aliphatic heterocycles. The van der Waals surface area contributed by atoms with Gasteiger partial charge in [-0.1, -0.05) is 23.5 Å². The number of aryl methyl sites for hydroxylation is 1. The van der Waals surface area contributed by atoms with Crippen LogP contribution in [0.15, 0.2) is 18.2 Å². The lowest BCUT2D eigenvalue weighted by Crippen LogP contribution is -2.29. The van der Waals surface area contributed by atoms with Gasteiger partial charge in [0.25, 0.3) is 11.7 Å². The normalized spacial score (nSPS) is 14.1. The van der Waals surface area contributed by atoms with E-state index in [4.69, 9.17) is 11.6 Å². The molecule has 0 unspecified atom stereocenters. The molecule has 0 bridgehead atoms. The molecule has 1 aromatic carbocycles. The van der Waals surface area contributed by atoms with Crippen LogP contribution in [-0.2, 0) is 11.3 Å². The van der Waals surface area contributed by atoms with Gasteiger partial charge in [-0.25, -0.2) is 0 Å². The Kier molecular flexibility index (Phi) is 2.83. The highest BCUT2D eigenvalue weighted by atomic mass is 35.5. The molecule has 3 rings (SSSR count). The van der Waals surface area contributed by atoms with Crippen molar-refractivity contribution in [1.29, 1.82) is 0 Å². The lowest BCUT2D eigenvalue weighted by molar-refractivity contribution is -0.114. The minimum absolute atomic E-state index is 0.215. The van der Waals surface area contributed by atoms with Crippen molar-refractivity contribution in [3.8, 4) is 0 Å². The van der Waals surface area contributed by atoms with Crippen molar-refractivity contribution in [3.63, 3.8) is 0 Å². The number of aromatic nitrogens is 2. The zero-order valence-electron chi connectivity index (χ0n) is 9.88. The third-order valence-corrected chi connectivity index (χ3v) is 3.93. The number of ketones is 1. The quantitative estimate of drug-likeness (QED) is 0.797. The van der Waals surface area contributed by atoms with Gasteiger partial charge in [0.2, 0.25) is 4.47 Å². The van der Waals surface area contributed by atoms with E-state index in [2.05, 4.69) is 10.2 Å². The van der Waals surface area contributed by atoms with Crippen LogP contribution >= 0.6 is 22.9 Å². The number of nitrogens with zero attached hydrogens (tertiary/aromatic N) is 3. The van der Waals surface area contributed by atoms with Crippen molar-refractivity contribution in [2.75, 3.05) is 4.90 Å². The molecule has 0 spiro atoms. The van der Waals surface area contributed by atoms with E-state index >= 15 is 0 Å². The Balaban J connectivity index is 2.04. The Morgan fingerprint density at radius 1 is 1.32 bits per heavy atom. The van der Waals surface area contributed by atoms with E-state index in [0.29, 0.717) is 20.7 Å². The molecule has 0 atom stereocenters. The molecule has 1 amide bonds. The molecular weight excluding hydrogens is 286 g/mol. The fourth-order valence-electron chi connectivity index (χ4n) is 2.12. The summed E-state index contributed by atoms with van der Waals surface area (Å²) in [6.45, 7) is 2.08. The second kappa shape index (κ2) is 4.40. The van der Waals surface area contributed by atoms with Gasteiger partial charge in [-0.05, 0) is 30.2 Å². The van der Waals surface area contributed by atoms with Crippen LogP contribution in [0.25, 0.3) is 0 Å². The molecular formula is C12H8ClN3O2S. The third kappa shape index (κ3) is 1.93. The van der Waals surface area contributed by atoms with Crippen LogP contribution in [0.3, 0.4) is 0 Å². The van der Waals surface area contributed by atoms with Gasteiger partial charge in [0.1, 0.15) is 5.01 Å². The standard InChI is InChI=1S/C12H8ClN3O2S/c1-6-3-2-4-7-9(6)16(11(18)10(7)17)5-8-14-15-12(13)19-8/h2-4H,5H2,1H3. The Morgan fingerprint density at radius 2 is 2.11 bits per heavy atom. The van der Waals surface area contributed by atoms with Crippen LogP contribution in [-0.4, -0.2) is 21.9 Å². The van der Waals surface area contributed by atoms with Crippen molar-refractivity contribution < 1.29 is 9.59 Å². The van der Waals surface area contributed by atoms with Gasteiger partial charge in [-0.2, -0.15) is 0 Å². The first-order chi connectivity index (χ1) is 9.08. The van der Waals surface area contributed by atoms with E-state index < -0.39 is 11.7 Å². The number of rotatable bonds is 2. The summed E-state index contributed by atoms with van der Waals surface area (Å²) < 4.78 is 0.318. The number of amides is 1. The summed E-state index contributed by atoms with van der Waals surface area (Å²) in [4.78, 5) is 25.4. The van der Waals surface area contributed by atoms with Crippen LogP contribution in [0.1, 0.15) is 20.9 Å². The van der Waals surface area contributed by atoms with Crippen LogP contribution in [0.4, 0.5) is 5.69 Å². The Morgan fingerprint density at radius 3 is 2.79 bits per heavy atom. The Bertz CT molecular complexity index is 698. The summed E-state index contributed by atoms with van der Waals surface area (Å²) >= 11 is 6.91. The van der Waals surface area contributed by atoms with Crippen LogP contribution < -0.4 is 4.90 Å². The maximum Gasteiger partial charge on any atom is 0.299 e. The third-order valence-electron chi connectivity index (χ3n) is 2.93. The fraction of sp³-hybridized carbons (Fsp3) is 0.167. The SMILES string of the molecule is Cc1cccc2c1N(Cc1nnc(Cl)s1)C(=O)C2=O. The van der Waals surface area contributed by atoms with Gasteiger partial charge in [-0.15, -0.1) is 10.2 Å². The molecule has 0 saturated carbocycles. The summed E-state index contributed by atoms with van der Waals surface area (Å²) in [5.74, 6) is -1.01. The van der Waals surface area contributed by atoms with Crippen molar-refractivity contribution in [1.82, 2.24) is 10.2 Å². The van der Waals surface area contributed by atoms with E-state index in [1.54, 1.807) is 12.1 Å². The van der Waals surface area contributed by atoms with E-state index in [9.17, 15) is 9.59 Å². The molecule has 0 aliphatic carbocycles. The van der Waals surface area contributed by atoms with Gasteiger partial charge < -0.3 is 0 Å². The molecule has 2 heterocycles. The molecule has 0 radical (unpaired) electrons. The molecule has 96 valence electrons. The molecule has 1 aromatic heterocycles. The summed E-state index contributed by atoms with van der Waals surface area (Å²) in [6, 6.07) is 5.30. The minimum atomic E-state index is -0.532. The van der Waals surface area contributed by atoms with Gasteiger partial charge >= 0.3 is 0 Å². The second-order valence-electron chi connectivity index (χ2n) is 4.14. The molecule has 1 aliphatic rings. The largest absolute Gasteiger partial charge is 0.299 e. The second-order valence-corrected chi connectivity index (χ2v) is 5.78. The molecule has 7 heteroatoms. The maximum atomic E-state index is 12.0. The number of para-hydroxylation sites is 1. The van der Waals surface area contributed by atoms with Gasteiger partial charge in [0.15, 0.2) is 0 Å². The predicted octanol–water partition coefficient (Wildman–Crippen LogP) is 2.23. The number of hydrogen-bond acceptors (Lipinski definition) is 5.